The molecule has 0 saturated heterocycles. The first kappa shape index (κ1) is 9.21. The number of nitrogens with one attached hydrogen (secondary N) is 1. The average molecular weight is 212 g/mol. The number of aromatic nitrogens is 2. The van der Waals surface area contributed by atoms with Gasteiger partial charge in [0, 0.05) is 16.2 Å². The number of nitrogens with zero attached hydrogens (tertiary/aromatic N) is 1. The summed E-state index contributed by atoms with van der Waals surface area (Å²) in [6, 6.07) is 10.2. The highest BCUT2D eigenvalue weighted by atomic mass is 16.5. The highest BCUT2D eigenvalue weighted by Gasteiger charge is 2.09. The van der Waals surface area contributed by atoms with E-state index in [1.807, 2.05) is 25.1 Å². The molecule has 0 saturated carbocycles. The maximum atomic E-state index is 5.42. The fourth-order valence-electron chi connectivity index (χ4n) is 2.12. The molecule has 0 aliphatic rings. The van der Waals surface area contributed by atoms with Crippen LogP contribution < -0.4 is 4.74 Å². The van der Waals surface area contributed by atoms with Gasteiger partial charge in [0.25, 0.3) is 0 Å². The Morgan fingerprint density at radius 3 is 2.62 bits per heavy atom. The van der Waals surface area contributed by atoms with Crippen molar-refractivity contribution < 1.29 is 4.74 Å². The van der Waals surface area contributed by atoms with Crippen LogP contribution in [0.25, 0.3) is 21.7 Å². The number of benzene rings is 2. The molecule has 0 amide bonds. The summed E-state index contributed by atoms with van der Waals surface area (Å²) in [6.45, 7) is 1.99. The third-order valence-corrected chi connectivity index (χ3v) is 2.95. The number of fused-ring (bicyclic) bond motifs is 3. The van der Waals surface area contributed by atoms with Crippen LogP contribution in [0.5, 0.6) is 5.75 Å². The second kappa shape index (κ2) is 3.23. The highest BCUT2D eigenvalue weighted by Crippen LogP contribution is 2.33. The van der Waals surface area contributed by atoms with Crippen molar-refractivity contribution in [1.82, 2.24) is 10.2 Å². The number of methoxy groups -OCH3 is 1. The predicted octanol–water partition coefficient (Wildman–Crippen LogP) is 3.03. The fraction of sp³-hybridized carbons (Fsp3) is 0.154. The Hall–Kier alpha value is -2.03. The molecule has 16 heavy (non-hydrogen) atoms. The van der Waals surface area contributed by atoms with Gasteiger partial charge in [-0.15, -0.1) is 0 Å². The van der Waals surface area contributed by atoms with Crippen LogP contribution in [0.3, 0.4) is 0 Å². The Morgan fingerprint density at radius 1 is 1.12 bits per heavy atom. The molecule has 1 aromatic heterocycles. The topological polar surface area (TPSA) is 37.9 Å². The van der Waals surface area contributed by atoms with Crippen molar-refractivity contribution in [2.45, 2.75) is 6.92 Å². The van der Waals surface area contributed by atoms with Gasteiger partial charge in [0.1, 0.15) is 5.75 Å². The third-order valence-electron chi connectivity index (χ3n) is 2.95. The molecule has 80 valence electrons. The Bertz CT molecular complexity index is 670. The van der Waals surface area contributed by atoms with Gasteiger partial charge in [0.15, 0.2) is 0 Å². The Morgan fingerprint density at radius 2 is 1.88 bits per heavy atom. The molecule has 0 atom stereocenters. The summed E-state index contributed by atoms with van der Waals surface area (Å²) in [5.41, 5.74) is 2.08. The molecule has 0 unspecified atom stereocenters. The first-order valence-electron chi connectivity index (χ1n) is 5.21. The van der Waals surface area contributed by atoms with Crippen LogP contribution in [0.2, 0.25) is 0 Å². The van der Waals surface area contributed by atoms with Crippen LogP contribution in [-0.4, -0.2) is 17.3 Å². The quantitative estimate of drug-likeness (QED) is 0.673. The minimum absolute atomic E-state index is 0.896. The monoisotopic (exact) mass is 212 g/mol. The SMILES string of the molecule is COc1cc2c(C)n[nH]c2c2ccccc12. The van der Waals surface area contributed by atoms with E-state index in [-0.39, 0.29) is 0 Å². The molecule has 3 rings (SSSR count). The molecule has 3 nitrogen and oxygen atoms in total. The summed E-state index contributed by atoms with van der Waals surface area (Å²) in [7, 11) is 1.70. The zero-order valence-corrected chi connectivity index (χ0v) is 9.24. The molecule has 1 heterocycles. The van der Waals surface area contributed by atoms with Crippen LogP contribution in [0, 0.1) is 6.92 Å². The molecule has 0 bridgehead atoms. The normalized spacial score (nSPS) is 11.1. The molecule has 1 N–H and O–H groups in total. The largest absolute Gasteiger partial charge is 0.496 e. The van der Waals surface area contributed by atoms with Crippen molar-refractivity contribution in [3.05, 3.63) is 36.0 Å². The minimum Gasteiger partial charge on any atom is -0.496 e. The molecule has 0 radical (unpaired) electrons. The van der Waals surface area contributed by atoms with E-state index in [1.165, 1.54) is 0 Å². The number of rotatable bonds is 1. The molecular weight excluding hydrogens is 200 g/mol. The Labute approximate surface area is 93.0 Å². The van der Waals surface area contributed by atoms with Crippen LogP contribution in [0.4, 0.5) is 0 Å². The van der Waals surface area contributed by atoms with Crippen molar-refractivity contribution in [3.8, 4) is 5.75 Å². The lowest BCUT2D eigenvalue weighted by Crippen LogP contribution is -1.86. The lowest BCUT2D eigenvalue weighted by Gasteiger charge is -2.06. The van der Waals surface area contributed by atoms with E-state index in [0.717, 1.165) is 33.1 Å². The Balaban J connectivity index is 2.58. The minimum atomic E-state index is 0.896. The van der Waals surface area contributed by atoms with Crippen molar-refractivity contribution in [1.29, 1.82) is 0 Å². The number of hydrogen-bond acceptors (Lipinski definition) is 2. The first-order valence-corrected chi connectivity index (χ1v) is 5.21. The van der Waals surface area contributed by atoms with Crippen molar-refractivity contribution in [2.75, 3.05) is 7.11 Å². The number of H-pyrrole nitrogens is 1. The molecule has 0 fully saturated rings. The van der Waals surface area contributed by atoms with Gasteiger partial charge in [-0.2, -0.15) is 5.10 Å². The van der Waals surface area contributed by atoms with E-state index in [0.29, 0.717) is 0 Å². The standard InChI is InChI=1S/C13H12N2O/c1-8-11-7-12(16-2)9-5-3-4-6-10(9)13(11)15-14-8/h3-7H,1-2H3,(H,14,15). The first-order chi connectivity index (χ1) is 7.81. The van der Waals surface area contributed by atoms with Gasteiger partial charge in [-0.3, -0.25) is 5.10 Å². The zero-order valence-electron chi connectivity index (χ0n) is 9.24. The smallest absolute Gasteiger partial charge is 0.127 e. The molecule has 3 heteroatoms. The van der Waals surface area contributed by atoms with Crippen molar-refractivity contribution in [2.24, 2.45) is 0 Å². The van der Waals surface area contributed by atoms with E-state index < -0.39 is 0 Å². The number of ether oxygens (including phenoxy) is 1. The summed E-state index contributed by atoms with van der Waals surface area (Å²) in [5, 5.41) is 10.7. The van der Waals surface area contributed by atoms with E-state index >= 15 is 0 Å². The van der Waals surface area contributed by atoms with Crippen molar-refractivity contribution >= 4 is 21.7 Å². The van der Waals surface area contributed by atoms with Gasteiger partial charge in [-0.05, 0) is 13.0 Å². The van der Waals surface area contributed by atoms with E-state index in [9.17, 15) is 0 Å². The predicted molar refractivity (Wildman–Crippen MR) is 64.9 cm³/mol. The lowest BCUT2D eigenvalue weighted by molar-refractivity contribution is 0.420. The fourth-order valence-corrected chi connectivity index (χ4v) is 2.12. The maximum absolute atomic E-state index is 5.42. The Kier molecular flexibility index (Phi) is 1.86. The van der Waals surface area contributed by atoms with Gasteiger partial charge in [0.2, 0.25) is 0 Å². The molecular formula is C13H12N2O. The van der Waals surface area contributed by atoms with Crippen LogP contribution in [-0.2, 0) is 0 Å². The van der Waals surface area contributed by atoms with Crippen LogP contribution >= 0.6 is 0 Å². The zero-order chi connectivity index (χ0) is 11.1. The average Bonchev–Trinajstić information content (AvgIpc) is 2.70. The molecule has 2 aromatic carbocycles. The lowest BCUT2D eigenvalue weighted by atomic mass is 10.1. The summed E-state index contributed by atoms with van der Waals surface area (Å²) >= 11 is 0. The summed E-state index contributed by atoms with van der Waals surface area (Å²) in [4.78, 5) is 0. The summed E-state index contributed by atoms with van der Waals surface area (Å²) in [6.07, 6.45) is 0. The van der Waals surface area contributed by atoms with Gasteiger partial charge in [-0.25, -0.2) is 0 Å². The van der Waals surface area contributed by atoms with Crippen LogP contribution in [0.1, 0.15) is 5.69 Å². The third kappa shape index (κ3) is 1.11. The maximum Gasteiger partial charge on any atom is 0.127 e. The number of aromatic amines is 1. The van der Waals surface area contributed by atoms with E-state index in [4.69, 9.17) is 4.74 Å². The number of hydrogen-bond donors (Lipinski definition) is 1. The van der Waals surface area contributed by atoms with Gasteiger partial charge in [0.05, 0.1) is 18.3 Å². The van der Waals surface area contributed by atoms with E-state index in [1.54, 1.807) is 7.11 Å². The van der Waals surface area contributed by atoms with Gasteiger partial charge in [-0.1, -0.05) is 24.3 Å². The molecule has 0 aliphatic carbocycles. The number of aryl methyl sites for hydroxylation is 1. The van der Waals surface area contributed by atoms with E-state index in [2.05, 4.69) is 22.3 Å². The highest BCUT2D eigenvalue weighted by molar-refractivity contribution is 6.08. The molecule has 0 aliphatic heterocycles. The van der Waals surface area contributed by atoms with Crippen molar-refractivity contribution in [3.63, 3.8) is 0 Å². The summed E-state index contributed by atoms with van der Waals surface area (Å²) in [5.74, 6) is 0.896. The molecule has 3 aromatic rings. The van der Waals surface area contributed by atoms with Crippen LogP contribution in [0.15, 0.2) is 30.3 Å². The summed E-state index contributed by atoms with van der Waals surface area (Å²) < 4.78 is 5.42. The second-order valence-electron chi connectivity index (χ2n) is 3.86. The van der Waals surface area contributed by atoms with Gasteiger partial charge >= 0.3 is 0 Å². The van der Waals surface area contributed by atoms with Gasteiger partial charge < -0.3 is 4.74 Å². The second-order valence-corrected chi connectivity index (χ2v) is 3.86. The molecule has 0 spiro atoms.